The second-order valence-electron chi connectivity index (χ2n) is 5.06. The van der Waals surface area contributed by atoms with Gasteiger partial charge >= 0.3 is 0 Å². The second kappa shape index (κ2) is 9.75. The maximum Gasteiger partial charge on any atom is 0.119 e. The maximum absolute atomic E-state index is 9.83. The number of likely N-dealkylation sites (N-methyl/N-ethyl adjacent to an activating group) is 1. The van der Waals surface area contributed by atoms with Gasteiger partial charge in [0.1, 0.15) is 18.5 Å². The van der Waals surface area contributed by atoms with E-state index < -0.39 is 6.10 Å². The minimum absolute atomic E-state index is 0.322. The lowest BCUT2D eigenvalue weighted by molar-refractivity contribution is 0.106. The van der Waals surface area contributed by atoms with E-state index in [1.54, 1.807) is 0 Å². The van der Waals surface area contributed by atoms with Gasteiger partial charge in [0.25, 0.3) is 0 Å². The first-order valence-electron chi connectivity index (χ1n) is 7.44. The lowest BCUT2D eigenvalue weighted by Crippen LogP contribution is -2.36. The Labute approximate surface area is 122 Å². The molecule has 0 saturated heterocycles. The van der Waals surface area contributed by atoms with E-state index in [4.69, 9.17) is 4.74 Å². The first-order chi connectivity index (χ1) is 9.65. The number of hydrogen-bond donors (Lipinski definition) is 2. The number of rotatable bonds is 10. The van der Waals surface area contributed by atoms with Gasteiger partial charge in [0.05, 0.1) is 0 Å². The van der Waals surface area contributed by atoms with Crippen LogP contribution in [0.4, 0.5) is 0 Å². The van der Waals surface area contributed by atoms with Crippen LogP contribution in [0.2, 0.25) is 0 Å². The molecule has 0 aromatic heterocycles. The Kier molecular flexibility index (Phi) is 8.26. The summed E-state index contributed by atoms with van der Waals surface area (Å²) in [4.78, 5) is 2.23. The molecule has 0 fully saturated rings. The van der Waals surface area contributed by atoms with Gasteiger partial charge in [-0.25, -0.2) is 0 Å². The van der Waals surface area contributed by atoms with Crippen LogP contribution >= 0.6 is 0 Å². The molecule has 0 bridgehead atoms. The van der Waals surface area contributed by atoms with Crippen molar-refractivity contribution in [3.8, 4) is 5.75 Å². The highest BCUT2D eigenvalue weighted by Gasteiger charge is 2.05. The fourth-order valence-electron chi connectivity index (χ4n) is 1.77. The summed E-state index contributed by atoms with van der Waals surface area (Å²) >= 11 is 0. The number of benzene rings is 1. The average Bonchev–Trinajstić information content (AvgIpc) is 2.49. The molecule has 1 atom stereocenters. The van der Waals surface area contributed by atoms with Crippen molar-refractivity contribution in [2.24, 2.45) is 0 Å². The lowest BCUT2D eigenvalue weighted by atomic mass is 10.2. The Morgan fingerprint density at radius 1 is 1.25 bits per heavy atom. The quantitative estimate of drug-likeness (QED) is 0.638. The molecule has 20 heavy (non-hydrogen) atoms. The summed E-state index contributed by atoms with van der Waals surface area (Å²) in [6, 6.07) is 8.02. The topological polar surface area (TPSA) is 44.7 Å². The minimum atomic E-state index is -0.479. The summed E-state index contributed by atoms with van der Waals surface area (Å²) < 4.78 is 5.57. The van der Waals surface area contributed by atoms with Gasteiger partial charge in [0.2, 0.25) is 0 Å². The highest BCUT2D eigenvalue weighted by molar-refractivity contribution is 5.27. The molecule has 1 aromatic rings. The number of ether oxygens (including phenoxy) is 1. The van der Waals surface area contributed by atoms with Gasteiger partial charge in [-0.1, -0.05) is 26.0 Å². The molecule has 1 unspecified atom stereocenters. The summed E-state index contributed by atoms with van der Waals surface area (Å²) in [5, 5.41) is 13.1. The van der Waals surface area contributed by atoms with Crippen molar-refractivity contribution < 1.29 is 9.84 Å². The van der Waals surface area contributed by atoms with Crippen molar-refractivity contribution >= 4 is 0 Å². The maximum atomic E-state index is 9.83. The molecular weight excluding hydrogens is 252 g/mol. The molecule has 0 aliphatic heterocycles. The largest absolute Gasteiger partial charge is 0.491 e. The van der Waals surface area contributed by atoms with E-state index in [1.807, 2.05) is 12.1 Å². The molecule has 0 aliphatic carbocycles. The van der Waals surface area contributed by atoms with E-state index in [0.717, 1.165) is 31.8 Å². The summed E-state index contributed by atoms with van der Waals surface area (Å²) in [7, 11) is 2.08. The molecule has 4 heteroatoms. The molecular formula is C16H28N2O2. The first-order valence-corrected chi connectivity index (χ1v) is 7.44. The van der Waals surface area contributed by atoms with Crippen LogP contribution in [0.15, 0.2) is 24.3 Å². The standard InChI is InChI=1S/C16H28N2O2/c1-4-14-6-8-16(9-7-14)20-13-15(19)12-17-10-11-18(3)5-2/h6-9,15,17,19H,4-5,10-13H2,1-3H3. The summed E-state index contributed by atoms with van der Waals surface area (Å²) in [5.41, 5.74) is 1.29. The monoisotopic (exact) mass is 280 g/mol. The molecule has 1 aromatic carbocycles. The smallest absolute Gasteiger partial charge is 0.119 e. The number of aliphatic hydroxyl groups is 1. The second-order valence-corrected chi connectivity index (χ2v) is 5.06. The lowest BCUT2D eigenvalue weighted by Gasteiger charge is -2.16. The zero-order chi connectivity index (χ0) is 14.8. The number of aryl methyl sites for hydroxylation is 1. The zero-order valence-corrected chi connectivity index (χ0v) is 12.9. The Bertz CT molecular complexity index is 354. The Morgan fingerprint density at radius 3 is 2.55 bits per heavy atom. The summed E-state index contributed by atoms with van der Waals surface area (Å²) in [5.74, 6) is 0.812. The van der Waals surface area contributed by atoms with E-state index in [9.17, 15) is 5.11 Å². The van der Waals surface area contributed by atoms with E-state index >= 15 is 0 Å². The molecule has 0 heterocycles. The molecule has 4 nitrogen and oxygen atoms in total. The van der Waals surface area contributed by atoms with Crippen LogP contribution in [0.5, 0.6) is 5.75 Å². The van der Waals surface area contributed by atoms with Crippen LogP contribution in [-0.4, -0.2) is 55.9 Å². The third-order valence-corrected chi connectivity index (χ3v) is 3.36. The number of aliphatic hydroxyl groups excluding tert-OH is 1. The number of hydrogen-bond acceptors (Lipinski definition) is 4. The Hall–Kier alpha value is -1.10. The molecule has 2 N–H and O–H groups in total. The van der Waals surface area contributed by atoms with Gasteiger partial charge in [-0.3, -0.25) is 0 Å². The SMILES string of the molecule is CCc1ccc(OCC(O)CNCCN(C)CC)cc1. The van der Waals surface area contributed by atoms with E-state index in [0.29, 0.717) is 13.2 Å². The van der Waals surface area contributed by atoms with Crippen LogP contribution in [0.25, 0.3) is 0 Å². The van der Waals surface area contributed by atoms with Gasteiger partial charge in [-0.05, 0) is 37.7 Å². The van der Waals surface area contributed by atoms with Gasteiger partial charge in [-0.15, -0.1) is 0 Å². The normalized spacial score (nSPS) is 12.7. The predicted molar refractivity (Wildman–Crippen MR) is 83.4 cm³/mol. The van der Waals surface area contributed by atoms with Gasteiger partial charge in [0, 0.05) is 19.6 Å². The highest BCUT2D eigenvalue weighted by Crippen LogP contribution is 2.12. The number of nitrogens with one attached hydrogen (secondary N) is 1. The fraction of sp³-hybridized carbons (Fsp3) is 0.625. The third-order valence-electron chi connectivity index (χ3n) is 3.36. The number of nitrogens with zero attached hydrogens (tertiary/aromatic N) is 1. The van der Waals surface area contributed by atoms with Crippen LogP contribution in [-0.2, 0) is 6.42 Å². The van der Waals surface area contributed by atoms with E-state index in [1.165, 1.54) is 5.56 Å². The molecule has 0 saturated carbocycles. The molecule has 0 spiro atoms. The highest BCUT2D eigenvalue weighted by atomic mass is 16.5. The van der Waals surface area contributed by atoms with Gasteiger partial charge in [-0.2, -0.15) is 0 Å². The van der Waals surface area contributed by atoms with Gasteiger partial charge in [0.15, 0.2) is 0 Å². The minimum Gasteiger partial charge on any atom is -0.491 e. The van der Waals surface area contributed by atoms with E-state index in [-0.39, 0.29) is 0 Å². The van der Waals surface area contributed by atoms with Gasteiger partial charge < -0.3 is 20.1 Å². The van der Waals surface area contributed by atoms with Crippen LogP contribution in [0.3, 0.4) is 0 Å². The molecule has 0 radical (unpaired) electrons. The fourth-order valence-corrected chi connectivity index (χ4v) is 1.77. The van der Waals surface area contributed by atoms with Crippen LogP contribution < -0.4 is 10.1 Å². The molecule has 1 rings (SSSR count). The molecule has 114 valence electrons. The van der Waals surface area contributed by atoms with E-state index in [2.05, 4.69) is 43.2 Å². The zero-order valence-electron chi connectivity index (χ0n) is 12.9. The first kappa shape index (κ1) is 17.0. The van der Waals surface area contributed by atoms with Crippen LogP contribution in [0.1, 0.15) is 19.4 Å². The predicted octanol–water partition coefficient (Wildman–Crippen LogP) is 1.53. The third kappa shape index (κ3) is 6.89. The Balaban J connectivity index is 2.14. The summed E-state index contributed by atoms with van der Waals surface area (Å²) in [6.45, 7) is 8.05. The van der Waals surface area contributed by atoms with Crippen molar-refractivity contribution in [3.63, 3.8) is 0 Å². The van der Waals surface area contributed by atoms with Crippen molar-refractivity contribution in [3.05, 3.63) is 29.8 Å². The van der Waals surface area contributed by atoms with Crippen molar-refractivity contribution in [1.29, 1.82) is 0 Å². The van der Waals surface area contributed by atoms with Crippen molar-refractivity contribution in [2.45, 2.75) is 26.4 Å². The molecule has 0 aliphatic rings. The average molecular weight is 280 g/mol. The van der Waals surface area contributed by atoms with Crippen molar-refractivity contribution in [1.82, 2.24) is 10.2 Å². The van der Waals surface area contributed by atoms with Crippen LogP contribution in [0, 0.1) is 0 Å². The Morgan fingerprint density at radius 2 is 1.95 bits per heavy atom. The van der Waals surface area contributed by atoms with Crippen molar-refractivity contribution in [2.75, 3.05) is 39.8 Å². The molecule has 0 amide bonds. The summed E-state index contributed by atoms with van der Waals surface area (Å²) in [6.07, 6.45) is 0.548.